The lowest BCUT2D eigenvalue weighted by Gasteiger charge is -2.29. The van der Waals surface area contributed by atoms with Gasteiger partial charge in [-0.25, -0.2) is 0 Å². The van der Waals surface area contributed by atoms with E-state index in [9.17, 15) is 10.2 Å². The van der Waals surface area contributed by atoms with Gasteiger partial charge in [0.1, 0.15) is 18.1 Å². The Morgan fingerprint density at radius 2 is 1.00 bits per heavy atom. The molecule has 0 saturated heterocycles. The molecule has 0 amide bonds. The summed E-state index contributed by atoms with van der Waals surface area (Å²) in [5, 5.41) is 19.9. The van der Waals surface area contributed by atoms with Crippen molar-refractivity contribution in [2.75, 3.05) is 39.5 Å². The molecule has 1 atom stereocenters. The molecule has 0 aliphatic heterocycles. The molecule has 0 aliphatic rings. The summed E-state index contributed by atoms with van der Waals surface area (Å²) in [4.78, 5) is 2.21. The second kappa shape index (κ2) is 33.8. The molecule has 2 N–H and O–H groups in total. The lowest BCUT2D eigenvalue weighted by atomic mass is 10.0. The van der Waals surface area contributed by atoms with E-state index in [-0.39, 0.29) is 19.3 Å². The molecule has 5 heteroatoms. The number of aliphatic hydroxyl groups excluding tert-OH is 2. The van der Waals surface area contributed by atoms with Crippen LogP contribution in [0.4, 0.5) is 0 Å². The molecule has 1 rings (SSSR count). The normalized spacial score (nSPS) is 12.3. The summed E-state index contributed by atoms with van der Waals surface area (Å²) in [5.41, 5.74) is 1.30. The fraction of sp³-hybridized carbons (Fsp3) is 0.864. The third-order valence-corrected chi connectivity index (χ3v) is 10.4. The standard InChI is InChI=1S/C44H83NO4/c1-5-9-12-14-16-18-19-20-21-22-23-25-27-30-41-34-43(36-44(35-41)49-39-40(8-4)29-11-7-3)48-33-32-45(42(37-46)38-47)31-28-26-24-17-15-13-10-6-2/h34-36,40,42,46-47H,5-33,37-39H2,1-4H3. The maximum absolute atomic E-state index is 9.95. The van der Waals surface area contributed by atoms with Gasteiger partial charge in [-0.3, -0.25) is 4.90 Å². The van der Waals surface area contributed by atoms with Gasteiger partial charge in [0, 0.05) is 12.6 Å². The lowest BCUT2D eigenvalue weighted by Crippen LogP contribution is -2.43. The molecule has 1 aromatic carbocycles. The fourth-order valence-electron chi connectivity index (χ4n) is 6.90. The number of unbranched alkanes of at least 4 members (excludes halogenated alkanes) is 20. The first-order valence-corrected chi connectivity index (χ1v) is 21.5. The highest BCUT2D eigenvalue weighted by Gasteiger charge is 2.17. The van der Waals surface area contributed by atoms with E-state index in [1.54, 1.807) is 0 Å². The van der Waals surface area contributed by atoms with E-state index in [4.69, 9.17) is 9.47 Å². The Balaban J connectivity index is 2.63. The van der Waals surface area contributed by atoms with Crippen LogP contribution < -0.4 is 9.47 Å². The molecule has 1 aromatic rings. The van der Waals surface area contributed by atoms with Gasteiger partial charge >= 0.3 is 0 Å². The van der Waals surface area contributed by atoms with Gasteiger partial charge in [-0.05, 0) is 55.8 Å². The van der Waals surface area contributed by atoms with Gasteiger partial charge in [0.25, 0.3) is 0 Å². The van der Waals surface area contributed by atoms with Crippen LogP contribution in [0.25, 0.3) is 0 Å². The van der Waals surface area contributed by atoms with E-state index < -0.39 is 0 Å². The van der Waals surface area contributed by atoms with Gasteiger partial charge in [0.2, 0.25) is 0 Å². The Hall–Kier alpha value is -1.30. The summed E-state index contributed by atoms with van der Waals surface area (Å²) in [6.45, 7) is 11.9. The fourth-order valence-corrected chi connectivity index (χ4v) is 6.90. The predicted molar refractivity (Wildman–Crippen MR) is 212 cm³/mol. The molecule has 5 nitrogen and oxygen atoms in total. The number of aryl methyl sites for hydroxylation is 1. The molecule has 0 fully saturated rings. The Morgan fingerprint density at radius 3 is 1.49 bits per heavy atom. The highest BCUT2D eigenvalue weighted by atomic mass is 16.5. The van der Waals surface area contributed by atoms with Crippen molar-refractivity contribution in [3.63, 3.8) is 0 Å². The predicted octanol–water partition coefficient (Wildman–Crippen LogP) is 12.1. The highest BCUT2D eigenvalue weighted by molar-refractivity contribution is 5.38. The van der Waals surface area contributed by atoms with Crippen LogP contribution in [-0.2, 0) is 6.42 Å². The van der Waals surface area contributed by atoms with Gasteiger partial charge in [-0.2, -0.15) is 0 Å². The van der Waals surface area contributed by atoms with Crippen LogP contribution in [0.1, 0.15) is 194 Å². The Bertz CT molecular complexity index is 829. The summed E-state index contributed by atoms with van der Waals surface area (Å²) < 4.78 is 12.8. The number of hydrogen-bond acceptors (Lipinski definition) is 5. The van der Waals surface area contributed by atoms with Gasteiger partial charge in [-0.15, -0.1) is 0 Å². The number of nitrogens with zero attached hydrogens (tertiary/aromatic N) is 1. The minimum atomic E-state index is -0.233. The van der Waals surface area contributed by atoms with Crippen LogP contribution in [-0.4, -0.2) is 60.7 Å². The van der Waals surface area contributed by atoms with E-state index in [0.717, 1.165) is 43.9 Å². The smallest absolute Gasteiger partial charge is 0.123 e. The van der Waals surface area contributed by atoms with Crippen molar-refractivity contribution >= 4 is 0 Å². The first kappa shape index (κ1) is 45.7. The second-order valence-electron chi connectivity index (χ2n) is 14.9. The summed E-state index contributed by atoms with van der Waals surface area (Å²) >= 11 is 0. The Labute approximate surface area is 305 Å². The van der Waals surface area contributed by atoms with Crippen molar-refractivity contribution in [1.82, 2.24) is 4.90 Å². The molecule has 0 saturated carbocycles. The van der Waals surface area contributed by atoms with Crippen LogP contribution in [0, 0.1) is 5.92 Å². The van der Waals surface area contributed by atoms with Gasteiger partial charge in [0.15, 0.2) is 0 Å². The minimum Gasteiger partial charge on any atom is -0.493 e. The third-order valence-electron chi connectivity index (χ3n) is 10.4. The number of hydrogen-bond donors (Lipinski definition) is 2. The van der Waals surface area contributed by atoms with Crippen molar-refractivity contribution in [2.45, 2.75) is 201 Å². The van der Waals surface area contributed by atoms with Crippen molar-refractivity contribution in [2.24, 2.45) is 5.92 Å². The summed E-state index contributed by atoms with van der Waals surface area (Å²) in [6, 6.07) is 6.28. The number of aliphatic hydroxyl groups is 2. The van der Waals surface area contributed by atoms with Gasteiger partial charge in [0.05, 0.1) is 25.9 Å². The van der Waals surface area contributed by atoms with Crippen LogP contribution in [0.5, 0.6) is 11.5 Å². The Kier molecular flexibility index (Phi) is 31.6. The van der Waals surface area contributed by atoms with Crippen molar-refractivity contribution in [1.29, 1.82) is 0 Å². The van der Waals surface area contributed by atoms with Gasteiger partial charge < -0.3 is 19.7 Å². The molecule has 0 aliphatic carbocycles. The SMILES string of the molecule is CCCCCCCCCCCCCCCc1cc(OCCN(CCCCCCCCCC)C(CO)CO)cc(OCC(CC)CCCC)c1. The van der Waals surface area contributed by atoms with Crippen LogP contribution >= 0.6 is 0 Å². The largest absolute Gasteiger partial charge is 0.493 e. The summed E-state index contributed by atoms with van der Waals surface area (Å²) in [7, 11) is 0. The van der Waals surface area contributed by atoms with Crippen LogP contribution in [0.2, 0.25) is 0 Å². The average molecular weight is 690 g/mol. The second-order valence-corrected chi connectivity index (χ2v) is 14.9. The van der Waals surface area contributed by atoms with E-state index in [1.807, 2.05) is 0 Å². The van der Waals surface area contributed by atoms with Crippen LogP contribution in [0.15, 0.2) is 18.2 Å². The number of rotatable bonds is 37. The minimum absolute atomic E-state index is 0.0310. The topological polar surface area (TPSA) is 62.2 Å². The molecule has 49 heavy (non-hydrogen) atoms. The van der Waals surface area contributed by atoms with E-state index in [2.05, 4.69) is 50.8 Å². The molecule has 0 heterocycles. The van der Waals surface area contributed by atoms with E-state index in [0.29, 0.717) is 19.1 Å². The summed E-state index contributed by atoms with van der Waals surface area (Å²) in [5.74, 6) is 2.39. The molecular formula is C44H83NO4. The molecule has 1 unspecified atom stereocenters. The molecule has 0 bridgehead atoms. The zero-order valence-electron chi connectivity index (χ0n) is 33.2. The van der Waals surface area contributed by atoms with Crippen molar-refractivity contribution in [3.8, 4) is 11.5 Å². The quantitative estimate of drug-likeness (QED) is 0.0681. The Morgan fingerprint density at radius 1 is 0.531 bits per heavy atom. The molecule has 0 aromatic heterocycles. The van der Waals surface area contributed by atoms with E-state index >= 15 is 0 Å². The average Bonchev–Trinajstić information content (AvgIpc) is 3.11. The first-order valence-electron chi connectivity index (χ1n) is 21.5. The van der Waals surface area contributed by atoms with Crippen molar-refractivity contribution < 1.29 is 19.7 Å². The monoisotopic (exact) mass is 690 g/mol. The molecule has 288 valence electrons. The number of ether oxygens (including phenoxy) is 2. The molecule has 0 spiro atoms. The van der Waals surface area contributed by atoms with Gasteiger partial charge in [-0.1, -0.05) is 169 Å². The zero-order valence-corrected chi connectivity index (χ0v) is 33.2. The maximum atomic E-state index is 9.95. The zero-order chi connectivity index (χ0) is 35.6. The molecule has 0 radical (unpaired) electrons. The van der Waals surface area contributed by atoms with E-state index in [1.165, 1.54) is 153 Å². The highest BCUT2D eigenvalue weighted by Crippen LogP contribution is 2.26. The maximum Gasteiger partial charge on any atom is 0.123 e. The third kappa shape index (κ3) is 25.3. The van der Waals surface area contributed by atoms with Crippen LogP contribution in [0.3, 0.4) is 0 Å². The number of benzene rings is 1. The molecular weight excluding hydrogens is 606 g/mol. The van der Waals surface area contributed by atoms with Crippen molar-refractivity contribution in [3.05, 3.63) is 23.8 Å². The first-order chi connectivity index (χ1) is 24.1. The lowest BCUT2D eigenvalue weighted by molar-refractivity contribution is 0.0627. The summed E-state index contributed by atoms with van der Waals surface area (Å²) in [6.07, 6.45) is 33.9.